The van der Waals surface area contributed by atoms with E-state index in [0.29, 0.717) is 0 Å². The Morgan fingerprint density at radius 2 is 1.32 bits per heavy atom. The van der Waals surface area contributed by atoms with Crippen molar-refractivity contribution in [3.8, 4) is 0 Å². The van der Waals surface area contributed by atoms with Crippen molar-refractivity contribution in [3.63, 3.8) is 0 Å². The molecular formula is C13H24O12. The highest BCUT2D eigenvalue weighted by Crippen LogP contribution is 2.34. The topological polar surface area (TPSA) is 221 Å². The summed E-state index contributed by atoms with van der Waals surface area (Å²) in [7, 11) is 0. The van der Waals surface area contributed by atoms with Gasteiger partial charge in [0.2, 0.25) is 0 Å². The van der Waals surface area contributed by atoms with Crippen LogP contribution in [-0.4, -0.2) is 131 Å². The van der Waals surface area contributed by atoms with Gasteiger partial charge in [0.15, 0.2) is 6.29 Å². The minimum atomic E-state index is -2.64. The zero-order valence-corrected chi connectivity index (χ0v) is 13.0. The van der Waals surface area contributed by atoms with Crippen molar-refractivity contribution in [1.29, 1.82) is 0 Å². The SMILES string of the molecule is OC[C@H]1O[C@H](O)[C@H](O)[C@@H](O)[C@@H]1O[C@@H]1[C@H](O)[C@@H](O)[C@H](O)[C@@](O)(CO)[C@H]1O. The number of rotatable bonds is 4. The van der Waals surface area contributed by atoms with Crippen LogP contribution >= 0.6 is 0 Å². The standard InChI is InChI=1S/C13H24O12/c14-1-3-8(5(17)7(19)12(22)24-3)25-9-4(16)6(18)10(20)13(23,2-15)11(9)21/h3-12,14-23H,1-2H2/t3-,4-,5-,6-,7-,8-,9-,10+,11+,12+,13+/m1/s1. The van der Waals surface area contributed by atoms with Crippen molar-refractivity contribution in [3.05, 3.63) is 0 Å². The van der Waals surface area contributed by atoms with Crippen LogP contribution < -0.4 is 0 Å². The van der Waals surface area contributed by atoms with E-state index in [4.69, 9.17) is 9.47 Å². The molecule has 0 aromatic rings. The van der Waals surface area contributed by atoms with Gasteiger partial charge in [-0.3, -0.25) is 0 Å². The van der Waals surface area contributed by atoms with Crippen molar-refractivity contribution in [2.24, 2.45) is 0 Å². The van der Waals surface area contributed by atoms with Crippen LogP contribution in [0.15, 0.2) is 0 Å². The van der Waals surface area contributed by atoms with Gasteiger partial charge in [-0.2, -0.15) is 0 Å². The maximum absolute atomic E-state index is 10.2. The Morgan fingerprint density at radius 1 is 0.760 bits per heavy atom. The molecule has 2 aliphatic rings. The third kappa shape index (κ3) is 3.41. The van der Waals surface area contributed by atoms with Crippen molar-refractivity contribution in [1.82, 2.24) is 0 Å². The largest absolute Gasteiger partial charge is 0.394 e. The van der Waals surface area contributed by atoms with Crippen LogP contribution in [-0.2, 0) is 9.47 Å². The number of ether oxygens (including phenoxy) is 2. The van der Waals surface area contributed by atoms with Crippen LogP contribution in [0, 0.1) is 0 Å². The van der Waals surface area contributed by atoms with Gasteiger partial charge in [-0.15, -0.1) is 0 Å². The number of hydrogen-bond acceptors (Lipinski definition) is 12. The summed E-state index contributed by atoms with van der Waals surface area (Å²) in [5.41, 5.74) is -2.64. The van der Waals surface area contributed by atoms with Crippen molar-refractivity contribution >= 4 is 0 Å². The van der Waals surface area contributed by atoms with E-state index in [2.05, 4.69) is 0 Å². The van der Waals surface area contributed by atoms with Crippen molar-refractivity contribution < 1.29 is 60.5 Å². The summed E-state index contributed by atoms with van der Waals surface area (Å²) in [6.07, 6.45) is -18.4. The highest BCUT2D eigenvalue weighted by molar-refractivity contribution is 5.09. The van der Waals surface area contributed by atoms with Gasteiger partial charge in [0.1, 0.15) is 60.5 Å². The van der Waals surface area contributed by atoms with Crippen LogP contribution in [0.2, 0.25) is 0 Å². The fourth-order valence-electron chi connectivity index (χ4n) is 3.08. The number of hydrogen-bond donors (Lipinski definition) is 10. The molecule has 0 radical (unpaired) electrons. The first kappa shape index (κ1) is 20.8. The lowest BCUT2D eigenvalue weighted by Crippen LogP contribution is -2.74. The van der Waals surface area contributed by atoms with E-state index >= 15 is 0 Å². The maximum atomic E-state index is 10.2. The Kier molecular flexibility index (Phi) is 6.36. The number of aliphatic hydroxyl groups excluding tert-OH is 9. The normalized spacial score (nSPS) is 54.5. The van der Waals surface area contributed by atoms with Gasteiger partial charge in [-0.05, 0) is 0 Å². The highest BCUT2D eigenvalue weighted by Gasteiger charge is 2.59. The molecular weight excluding hydrogens is 348 g/mol. The second-order valence-corrected chi connectivity index (χ2v) is 6.31. The minimum absolute atomic E-state index is 0.778. The molecule has 0 bridgehead atoms. The number of aliphatic hydroxyl groups is 10. The van der Waals surface area contributed by atoms with E-state index in [-0.39, 0.29) is 0 Å². The predicted octanol–water partition coefficient (Wildman–Crippen LogP) is -6.65. The molecule has 25 heavy (non-hydrogen) atoms. The Bertz CT molecular complexity index is 449. The lowest BCUT2D eigenvalue weighted by Gasteiger charge is -2.50. The first-order valence-corrected chi connectivity index (χ1v) is 7.61. The summed E-state index contributed by atoms with van der Waals surface area (Å²) < 4.78 is 10.1. The van der Waals surface area contributed by atoms with Crippen LogP contribution in [0.5, 0.6) is 0 Å². The minimum Gasteiger partial charge on any atom is -0.394 e. The highest BCUT2D eigenvalue weighted by atomic mass is 16.7. The molecule has 0 aromatic heterocycles. The first-order chi connectivity index (χ1) is 11.6. The molecule has 10 N–H and O–H groups in total. The van der Waals surface area contributed by atoms with Crippen LogP contribution in [0.4, 0.5) is 0 Å². The van der Waals surface area contributed by atoms with Crippen LogP contribution in [0.1, 0.15) is 0 Å². The van der Waals surface area contributed by atoms with E-state index < -0.39 is 80.0 Å². The second kappa shape index (κ2) is 7.64. The first-order valence-electron chi connectivity index (χ1n) is 7.61. The van der Waals surface area contributed by atoms with Gasteiger partial charge in [-0.25, -0.2) is 0 Å². The average molecular weight is 372 g/mol. The van der Waals surface area contributed by atoms with Crippen LogP contribution in [0.3, 0.4) is 0 Å². The summed E-state index contributed by atoms with van der Waals surface area (Å²) in [5, 5.41) is 97.5. The molecule has 2 rings (SSSR count). The van der Waals surface area contributed by atoms with E-state index in [1.54, 1.807) is 0 Å². The summed E-state index contributed by atoms with van der Waals surface area (Å²) in [5.74, 6) is 0. The van der Waals surface area contributed by atoms with Gasteiger partial charge in [0.25, 0.3) is 0 Å². The molecule has 1 saturated carbocycles. The zero-order chi connectivity index (χ0) is 19.1. The molecule has 1 heterocycles. The van der Waals surface area contributed by atoms with Gasteiger partial charge in [0, 0.05) is 0 Å². The molecule has 2 fully saturated rings. The van der Waals surface area contributed by atoms with Crippen LogP contribution in [0.25, 0.3) is 0 Å². The maximum Gasteiger partial charge on any atom is 0.184 e. The van der Waals surface area contributed by atoms with E-state index in [1.165, 1.54) is 0 Å². The molecule has 0 aromatic carbocycles. The van der Waals surface area contributed by atoms with Gasteiger partial charge in [-0.1, -0.05) is 0 Å². The Balaban J connectivity index is 2.26. The quantitative estimate of drug-likeness (QED) is 0.222. The molecule has 12 heteroatoms. The Morgan fingerprint density at radius 3 is 1.84 bits per heavy atom. The smallest absolute Gasteiger partial charge is 0.184 e. The average Bonchev–Trinajstić information content (AvgIpc) is 2.61. The molecule has 148 valence electrons. The molecule has 12 nitrogen and oxygen atoms in total. The zero-order valence-electron chi connectivity index (χ0n) is 13.0. The van der Waals surface area contributed by atoms with Crippen molar-refractivity contribution in [2.45, 2.75) is 66.8 Å². The third-order valence-electron chi connectivity index (χ3n) is 4.75. The summed E-state index contributed by atoms with van der Waals surface area (Å²) in [6, 6.07) is 0. The Hall–Kier alpha value is -0.480. The third-order valence-corrected chi connectivity index (χ3v) is 4.75. The van der Waals surface area contributed by atoms with E-state index in [0.717, 1.165) is 0 Å². The molecule has 0 unspecified atom stereocenters. The molecule has 11 atom stereocenters. The molecule has 0 spiro atoms. The van der Waals surface area contributed by atoms with E-state index in [9.17, 15) is 51.1 Å². The molecule has 1 aliphatic heterocycles. The van der Waals surface area contributed by atoms with Gasteiger partial charge < -0.3 is 60.5 Å². The molecule has 1 aliphatic carbocycles. The lowest BCUT2D eigenvalue weighted by atomic mass is 9.75. The molecule has 1 saturated heterocycles. The Labute approximate surface area is 141 Å². The van der Waals surface area contributed by atoms with Crippen molar-refractivity contribution in [2.75, 3.05) is 13.2 Å². The monoisotopic (exact) mass is 372 g/mol. The summed E-state index contributed by atoms with van der Waals surface area (Å²) >= 11 is 0. The fourth-order valence-corrected chi connectivity index (χ4v) is 3.08. The fraction of sp³-hybridized carbons (Fsp3) is 1.00. The summed E-state index contributed by atoms with van der Waals surface area (Å²) in [6.45, 7) is -1.96. The lowest BCUT2D eigenvalue weighted by molar-refractivity contribution is -0.333. The second-order valence-electron chi connectivity index (χ2n) is 6.31. The molecule has 0 amide bonds. The van der Waals surface area contributed by atoms with Gasteiger partial charge in [0.05, 0.1) is 13.2 Å². The van der Waals surface area contributed by atoms with Gasteiger partial charge >= 0.3 is 0 Å². The van der Waals surface area contributed by atoms with E-state index in [1.807, 2.05) is 0 Å². The predicted molar refractivity (Wildman–Crippen MR) is 74.7 cm³/mol. The summed E-state index contributed by atoms with van der Waals surface area (Å²) in [4.78, 5) is 0.